The molecule has 8 heteroatoms. The first-order valence-electron chi connectivity index (χ1n) is 10.3. The number of carbonyl (C=O) groups is 1. The zero-order valence-electron chi connectivity index (χ0n) is 17.8. The Hall–Kier alpha value is -2.89. The van der Waals surface area contributed by atoms with E-state index in [2.05, 4.69) is 20.6 Å². The summed E-state index contributed by atoms with van der Waals surface area (Å²) in [5, 5.41) is 12.2. The van der Waals surface area contributed by atoms with Crippen LogP contribution in [0.25, 0.3) is 0 Å². The molecule has 0 unspecified atom stereocenters. The molecule has 1 fully saturated rings. The summed E-state index contributed by atoms with van der Waals surface area (Å²) in [4.78, 5) is 15.1. The summed E-state index contributed by atoms with van der Waals surface area (Å²) >= 11 is 0. The fourth-order valence-corrected chi connectivity index (χ4v) is 4.92. The number of ether oxygens (including phenoxy) is 1. The minimum Gasteiger partial charge on any atom is -0.492 e. The Kier molecular flexibility index (Phi) is 5.73. The summed E-state index contributed by atoms with van der Waals surface area (Å²) < 4.78 is 21.8. The molecule has 4 rings (SSSR count). The Morgan fingerprint density at radius 1 is 1.19 bits per heavy atom. The summed E-state index contributed by atoms with van der Waals surface area (Å²) in [6.45, 7) is 2.91. The first kappa shape index (κ1) is 21.3. The number of anilines is 1. The molecule has 162 valence electrons. The van der Waals surface area contributed by atoms with Crippen LogP contribution in [0.4, 0.5) is 11.4 Å². The second-order valence-electron chi connectivity index (χ2n) is 8.36. The molecule has 0 saturated carbocycles. The molecule has 1 spiro atoms. The van der Waals surface area contributed by atoms with Gasteiger partial charge in [0.1, 0.15) is 12.4 Å². The molecule has 31 heavy (non-hydrogen) atoms. The molecule has 0 atom stereocenters. The van der Waals surface area contributed by atoms with Gasteiger partial charge in [0.25, 0.3) is 0 Å². The van der Waals surface area contributed by atoms with Crippen molar-refractivity contribution in [3.05, 3.63) is 53.6 Å². The minimum atomic E-state index is -2.17. The van der Waals surface area contributed by atoms with E-state index in [1.54, 1.807) is 30.7 Å². The smallest absolute Gasteiger partial charge is 0.235 e. The van der Waals surface area contributed by atoms with Crippen LogP contribution in [0.1, 0.15) is 24.0 Å². The number of carbonyl (C=O) groups excluding carboxylic acids is 1. The monoisotopic (exact) mass is 438 g/mol. The van der Waals surface area contributed by atoms with Crippen molar-refractivity contribution in [1.29, 1.82) is 5.26 Å². The number of nitrogens with zero attached hydrogens (tertiary/aromatic N) is 3. The topological polar surface area (TPSA) is 94.8 Å². The van der Waals surface area contributed by atoms with Gasteiger partial charge in [-0.2, -0.15) is 9.62 Å². The van der Waals surface area contributed by atoms with Crippen molar-refractivity contribution in [2.45, 2.75) is 18.3 Å². The quantitative estimate of drug-likeness (QED) is 0.773. The third-order valence-corrected chi connectivity index (χ3v) is 6.55. The van der Waals surface area contributed by atoms with E-state index < -0.39 is 15.1 Å². The van der Waals surface area contributed by atoms with E-state index in [-0.39, 0.29) is 5.91 Å². The van der Waals surface area contributed by atoms with Gasteiger partial charge in [-0.25, -0.2) is 4.21 Å². The molecule has 1 N–H and O–H groups in total. The van der Waals surface area contributed by atoms with Crippen molar-refractivity contribution in [2.24, 2.45) is 4.36 Å². The number of fused-ring (bicyclic) bond motifs is 2. The fourth-order valence-electron chi connectivity index (χ4n) is 4.29. The van der Waals surface area contributed by atoms with E-state index in [0.717, 1.165) is 49.5 Å². The molecule has 7 nitrogen and oxygen atoms in total. The van der Waals surface area contributed by atoms with Gasteiger partial charge in [-0.1, -0.05) is 0 Å². The standard InChI is InChI=1S/C23H26N4O3S/c1-31(2,29)26-18-4-6-19(7-5-18)30-14-13-27-11-9-23(10-12-27)20-15-17(16-24)3-8-21(20)25-22(23)28/h3-8,15H,9-14H2,1-2H3,(H,25,28). The highest BCUT2D eigenvalue weighted by Gasteiger charge is 2.48. The largest absolute Gasteiger partial charge is 0.492 e. The van der Waals surface area contributed by atoms with Gasteiger partial charge in [0.05, 0.1) is 22.7 Å². The number of piperidine rings is 1. The summed E-state index contributed by atoms with van der Waals surface area (Å²) in [6, 6.07) is 14.9. The molecule has 1 amide bonds. The maximum atomic E-state index is 12.8. The van der Waals surface area contributed by atoms with Crippen LogP contribution in [0.15, 0.2) is 46.8 Å². The van der Waals surface area contributed by atoms with E-state index in [1.165, 1.54) is 0 Å². The number of rotatable bonds is 5. The molecular formula is C23H26N4O3S. The zero-order chi connectivity index (χ0) is 22.1. The van der Waals surface area contributed by atoms with Crippen molar-refractivity contribution in [3.8, 4) is 11.8 Å². The van der Waals surface area contributed by atoms with E-state index in [9.17, 15) is 14.3 Å². The minimum absolute atomic E-state index is 0.0436. The predicted octanol–water partition coefficient (Wildman–Crippen LogP) is 3.28. The van der Waals surface area contributed by atoms with Gasteiger partial charge < -0.3 is 10.1 Å². The maximum Gasteiger partial charge on any atom is 0.235 e. The second kappa shape index (κ2) is 8.33. The SMILES string of the molecule is CS(C)(=O)=Nc1ccc(OCCN2CCC3(CC2)C(=O)Nc2ccc(C#N)cc23)cc1. The van der Waals surface area contributed by atoms with E-state index in [0.29, 0.717) is 17.9 Å². The molecule has 0 bridgehead atoms. The highest BCUT2D eigenvalue weighted by molar-refractivity contribution is 7.92. The molecule has 2 aliphatic heterocycles. The fraction of sp³-hybridized carbons (Fsp3) is 0.391. The number of hydrogen-bond donors (Lipinski definition) is 1. The van der Waals surface area contributed by atoms with Crippen LogP contribution < -0.4 is 10.1 Å². The predicted molar refractivity (Wildman–Crippen MR) is 121 cm³/mol. The second-order valence-corrected chi connectivity index (χ2v) is 10.9. The van der Waals surface area contributed by atoms with Crippen molar-refractivity contribution in [2.75, 3.05) is 44.1 Å². The highest BCUT2D eigenvalue weighted by Crippen LogP contribution is 2.45. The molecule has 2 aliphatic rings. The summed E-state index contributed by atoms with van der Waals surface area (Å²) in [6.07, 6.45) is 4.67. The van der Waals surface area contributed by atoms with Crippen molar-refractivity contribution in [3.63, 3.8) is 0 Å². The summed E-state index contributed by atoms with van der Waals surface area (Å²) in [7, 11) is -2.17. The van der Waals surface area contributed by atoms with Crippen LogP contribution in [0.3, 0.4) is 0 Å². The van der Waals surface area contributed by atoms with Gasteiger partial charge in [-0.05, 0) is 74.0 Å². The van der Waals surface area contributed by atoms with E-state index in [1.807, 2.05) is 24.3 Å². The van der Waals surface area contributed by atoms with E-state index >= 15 is 0 Å². The Balaban J connectivity index is 1.32. The van der Waals surface area contributed by atoms with Crippen LogP contribution in [0.2, 0.25) is 0 Å². The number of benzene rings is 2. The number of likely N-dealkylation sites (tertiary alicyclic amines) is 1. The van der Waals surface area contributed by atoms with Crippen LogP contribution in [0, 0.1) is 11.3 Å². The third-order valence-electron chi connectivity index (χ3n) is 5.89. The normalized spacial score (nSPS) is 17.6. The van der Waals surface area contributed by atoms with Gasteiger partial charge in [-0.3, -0.25) is 9.69 Å². The summed E-state index contributed by atoms with van der Waals surface area (Å²) in [5.41, 5.74) is 2.53. The van der Waals surface area contributed by atoms with Gasteiger partial charge in [0.15, 0.2) is 0 Å². The Bertz CT molecular complexity index is 1140. The average molecular weight is 439 g/mol. The van der Waals surface area contributed by atoms with Gasteiger partial charge in [0.2, 0.25) is 5.91 Å². The van der Waals surface area contributed by atoms with Crippen molar-refractivity contribution < 1.29 is 13.7 Å². The third kappa shape index (κ3) is 4.58. The lowest BCUT2D eigenvalue weighted by molar-refractivity contribution is -0.122. The lowest BCUT2D eigenvalue weighted by Gasteiger charge is -2.37. The number of nitrogens with one attached hydrogen (secondary N) is 1. The molecular weight excluding hydrogens is 412 g/mol. The average Bonchev–Trinajstić information content (AvgIpc) is 3.00. The molecule has 2 heterocycles. The Morgan fingerprint density at radius 2 is 1.90 bits per heavy atom. The maximum absolute atomic E-state index is 12.8. The molecule has 2 aromatic rings. The van der Waals surface area contributed by atoms with Gasteiger partial charge >= 0.3 is 0 Å². The number of nitriles is 1. The van der Waals surface area contributed by atoms with Crippen LogP contribution >= 0.6 is 0 Å². The van der Waals surface area contributed by atoms with Crippen molar-refractivity contribution in [1.82, 2.24) is 4.90 Å². The first-order valence-corrected chi connectivity index (χ1v) is 12.6. The lowest BCUT2D eigenvalue weighted by atomic mass is 9.73. The molecule has 0 radical (unpaired) electrons. The van der Waals surface area contributed by atoms with Gasteiger partial charge in [0, 0.05) is 34.5 Å². The Labute approximate surface area is 183 Å². The Morgan fingerprint density at radius 3 is 2.55 bits per heavy atom. The number of amides is 1. The summed E-state index contributed by atoms with van der Waals surface area (Å²) in [5.74, 6) is 0.793. The zero-order valence-corrected chi connectivity index (χ0v) is 18.6. The van der Waals surface area contributed by atoms with Crippen LogP contribution in [-0.2, 0) is 19.9 Å². The van der Waals surface area contributed by atoms with Crippen molar-refractivity contribution >= 4 is 27.0 Å². The van der Waals surface area contributed by atoms with Crippen LogP contribution in [-0.4, -0.2) is 53.8 Å². The van der Waals surface area contributed by atoms with E-state index in [4.69, 9.17) is 4.74 Å². The highest BCUT2D eigenvalue weighted by atomic mass is 32.2. The molecule has 2 aromatic carbocycles. The molecule has 0 aromatic heterocycles. The molecule has 1 saturated heterocycles. The van der Waals surface area contributed by atoms with Gasteiger partial charge in [-0.15, -0.1) is 0 Å². The number of hydrogen-bond acceptors (Lipinski definition) is 6. The lowest BCUT2D eigenvalue weighted by Crippen LogP contribution is -2.47. The van der Waals surface area contributed by atoms with Crippen LogP contribution in [0.5, 0.6) is 5.75 Å². The molecule has 0 aliphatic carbocycles. The first-order chi connectivity index (χ1) is 14.8.